The van der Waals surface area contributed by atoms with E-state index in [9.17, 15) is 9.18 Å². The van der Waals surface area contributed by atoms with E-state index in [0.29, 0.717) is 29.2 Å². The second kappa shape index (κ2) is 5.85. The molecule has 2 aromatic heterocycles. The van der Waals surface area contributed by atoms with Gasteiger partial charge in [-0.2, -0.15) is 5.10 Å². The highest BCUT2D eigenvalue weighted by Gasteiger charge is 2.15. The fourth-order valence-corrected chi connectivity index (χ4v) is 2.15. The topological polar surface area (TPSA) is 60.1 Å². The zero-order chi connectivity index (χ0) is 15.5. The Balaban J connectivity index is 1.77. The number of benzene rings is 1. The number of amides is 1. The summed E-state index contributed by atoms with van der Waals surface area (Å²) in [6, 6.07) is 9.48. The van der Waals surface area contributed by atoms with Crippen molar-refractivity contribution in [1.82, 2.24) is 15.1 Å². The predicted octanol–water partition coefficient (Wildman–Crippen LogP) is 2.84. The lowest BCUT2D eigenvalue weighted by molar-refractivity contribution is 0.0947. The van der Waals surface area contributed by atoms with Crippen molar-refractivity contribution in [2.45, 2.75) is 13.5 Å². The minimum Gasteiger partial charge on any atom is -0.467 e. The molecule has 0 spiro atoms. The van der Waals surface area contributed by atoms with Crippen molar-refractivity contribution in [3.05, 3.63) is 71.7 Å². The van der Waals surface area contributed by atoms with Crippen LogP contribution in [-0.4, -0.2) is 15.7 Å². The van der Waals surface area contributed by atoms with Gasteiger partial charge in [0.2, 0.25) is 0 Å². The zero-order valence-electron chi connectivity index (χ0n) is 11.9. The average molecular weight is 299 g/mol. The van der Waals surface area contributed by atoms with Crippen molar-refractivity contribution in [3.63, 3.8) is 0 Å². The van der Waals surface area contributed by atoms with Crippen molar-refractivity contribution in [1.29, 1.82) is 0 Å². The third kappa shape index (κ3) is 2.76. The largest absolute Gasteiger partial charge is 0.467 e. The maximum absolute atomic E-state index is 13.0. The van der Waals surface area contributed by atoms with Gasteiger partial charge >= 0.3 is 0 Å². The summed E-state index contributed by atoms with van der Waals surface area (Å²) in [6.07, 6.45) is 3.05. The molecule has 6 heteroatoms. The van der Waals surface area contributed by atoms with Crippen molar-refractivity contribution in [2.24, 2.45) is 0 Å². The summed E-state index contributed by atoms with van der Waals surface area (Å²) in [5.41, 5.74) is 1.85. The van der Waals surface area contributed by atoms with Gasteiger partial charge in [-0.25, -0.2) is 9.07 Å². The van der Waals surface area contributed by atoms with Gasteiger partial charge < -0.3 is 9.73 Å². The third-order valence-corrected chi connectivity index (χ3v) is 3.33. The molecule has 3 aromatic rings. The summed E-state index contributed by atoms with van der Waals surface area (Å²) in [7, 11) is 0. The van der Waals surface area contributed by atoms with Crippen LogP contribution in [0.1, 0.15) is 21.8 Å². The van der Waals surface area contributed by atoms with Crippen LogP contribution in [-0.2, 0) is 6.54 Å². The van der Waals surface area contributed by atoms with Gasteiger partial charge in [0.05, 0.1) is 35.9 Å². The van der Waals surface area contributed by atoms with E-state index in [1.54, 1.807) is 42.1 Å². The highest BCUT2D eigenvalue weighted by atomic mass is 19.1. The molecule has 3 rings (SSSR count). The van der Waals surface area contributed by atoms with Crippen LogP contribution in [0.2, 0.25) is 0 Å². The van der Waals surface area contributed by atoms with E-state index in [1.807, 2.05) is 0 Å². The van der Waals surface area contributed by atoms with E-state index in [1.165, 1.54) is 18.3 Å². The van der Waals surface area contributed by atoms with Gasteiger partial charge in [-0.1, -0.05) is 0 Å². The fourth-order valence-electron chi connectivity index (χ4n) is 2.15. The summed E-state index contributed by atoms with van der Waals surface area (Å²) < 4.78 is 19.7. The molecular weight excluding hydrogens is 285 g/mol. The summed E-state index contributed by atoms with van der Waals surface area (Å²) in [4.78, 5) is 12.2. The lowest BCUT2D eigenvalue weighted by atomic mass is 10.2. The smallest absolute Gasteiger partial charge is 0.255 e. The molecule has 0 saturated carbocycles. The molecule has 0 radical (unpaired) electrons. The molecule has 0 aliphatic carbocycles. The molecule has 0 saturated heterocycles. The van der Waals surface area contributed by atoms with Gasteiger partial charge in [-0.15, -0.1) is 0 Å². The van der Waals surface area contributed by atoms with Gasteiger partial charge in [-0.05, 0) is 43.3 Å². The lowest BCUT2D eigenvalue weighted by Crippen LogP contribution is -2.23. The van der Waals surface area contributed by atoms with E-state index in [0.717, 1.165) is 0 Å². The van der Waals surface area contributed by atoms with E-state index < -0.39 is 0 Å². The second-order valence-electron chi connectivity index (χ2n) is 4.79. The van der Waals surface area contributed by atoms with Crippen molar-refractivity contribution in [3.8, 4) is 5.69 Å². The van der Waals surface area contributed by atoms with Gasteiger partial charge in [0.25, 0.3) is 5.91 Å². The van der Waals surface area contributed by atoms with Crippen molar-refractivity contribution < 1.29 is 13.6 Å². The lowest BCUT2D eigenvalue weighted by Gasteiger charge is -2.06. The predicted molar refractivity (Wildman–Crippen MR) is 78.1 cm³/mol. The van der Waals surface area contributed by atoms with Crippen LogP contribution in [0.15, 0.2) is 53.3 Å². The first-order chi connectivity index (χ1) is 10.6. The molecule has 1 N–H and O–H groups in total. The summed E-state index contributed by atoms with van der Waals surface area (Å²) in [5.74, 6) is 0.129. The molecule has 0 bridgehead atoms. The standard InChI is InChI=1S/C16H14FN3O2/c1-11-15(16(21)18-9-14-3-2-8-22-14)10-19-20(11)13-6-4-12(17)5-7-13/h2-8,10H,9H2,1H3,(H,18,21). The average Bonchev–Trinajstić information content (AvgIpc) is 3.15. The maximum atomic E-state index is 13.0. The molecule has 1 amide bonds. The molecule has 22 heavy (non-hydrogen) atoms. The molecule has 0 unspecified atom stereocenters. The van der Waals surface area contributed by atoms with E-state index in [-0.39, 0.29) is 11.7 Å². The van der Waals surface area contributed by atoms with Crippen LogP contribution in [0.4, 0.5) is 4.39 Å². The summed E-state index contributed by atoms with van der Waals surface area (Å²) >= 11 is 0. The van der Waals surface area contributed by atoms with Crippen LogP contribution >= 0.6 is 0 Å². The Bertz CT molecular complexity index is 776. The molecule has 112 valence electrons. The van der Waals surface area contributed by atoms with Crippen LogP contribution < -0.4 is 5.32 Å². The molecule has 2 heterocycles. The first-order valence-electron chi connectivity index (χ1n) is 6.76. The highest BCUT2D eigenvalue weighted by Crippen LogP contribution is 2.15. The number of rotatable bonds is 4. The van der Waals surface area contributed by atoms with Crippen LogP contribution in [0.3, 0.4) is 0 Å². The number of carbonyl (C=O) groups is 1. The van der Waals surface area contributed by atoms with Gasteiger partial charge in [-0.3, -0.25) is 4.79 Å². The summed E-state index contributed by atoms with van der Waals surface area (Å²) in [6.45, 7) is 2.10. The molecule has 5 nitrogen and oxygen atoms in total. The van der Waals surface area contributed by atoms with Crippen LogP contribution in [0.5, 0.6) is 0 Å². The quantitative estimate of drug-likeness (QED) is 0.806. The van der Waals surface area contributed by atoms with Crippen molar-refractivity contribution in [2.75, 3.05) is 0 Å². The third-order valence-electron chi connectivity index (χ3n) is 3.33. The fraction of sp³-hybridized carbons (Fsp3) is 0.125. The number of nitrogens with one attached hydrogen (secondary N) is 1. The maximum Gasteiger partial charge on any atom is 0.255 e. The normalized spacial score (nSPS) is 10.6. The van der Waals surface area contributed by atoms with Crippen LogP contribution in [0.25, 0.3) is 5.69 Å². The number of furan rings is 1. The number of aromatic nitrogens is 2. The van der Waals surface area contributed by atoms with Gasteiger partial charge in [0.1, 0.15) is 11.6 Å². The number of hydrogen-bond donors (Lipinski definition) is 1. The molecule has 1 aromatic carbocycles. The van der Waals surface area contributed by atoms with Gasteiger partial charge in [0, 0.05) is 0 Å². The summed E-state index contributed by atoms with van der Waals surface area (Å²) in [5, 5.41) is 6.96. The minimum absolute atomic E-state index is 0.234. The second-order valence-corrected chi connectivity index (χ2v) is 4.79. The molecular formula is C16H14FN3O2. The number of halogens is 1. The minimum atomic E-state index is -0.315. The highest BCUT2D eigenvalue weighted by molar-refractivity contribution is 5.95. The van der Waals surface area contributed by atoms with Crippen LogP contribution in [0, 0.1) is 12.7 Å². The molecule has 0 atom stereocenters. The molecule has 0 aliphatic rings. The Labute approximate surface area is 126 Å². The first-order valence-corrected chi connectivity index (χ1v) is 6.76. The number of hydrogen-bond acceptors (Lipinski definition) is 3. The Morgan fingerprint density at radius 2 is 2.09 bits per heavy atom. The van der Waals surface area contributed by atoms with E-state index >= 15 is 0 Å². The zero-order valence-corrected chi connectivity index (χ0v) is 11.9. The number of nitrogens with zero attached hydrogens (tertiary/aromatic N) is 2. The monoisotopic (exact) mass is 299 g/mol. The number of carbonyl (C=O) groups excluding carboxylic acids is 1. The Hall–Kier alpha value is -2.89. The van der Waals surface area contributed by atoms with Crippen molar-refractivity contribution >= 4 is 5.91 Å². The van der Waals surface area contributed by atoms with E-state index in [2.05, 4.69) is 10.4 Å². The Morgan fingerprint density at radius 3 is 2.77 bits per heavy atom. The Morgan fingerprint density at radius 1 is 1.32 bits per heavy atom. The van der Waals surface area contributed by atoms with Gasteiger partial charge in [0.15, 0.2) is 0 Å². The molecule has 0 aliphatic heterocycles. The van der Waals surface area contributed by atoms with E-state index in [4.69, 9.17) is 4.42 Å². The SMILES string of the molecule is Cc1c(C(=O)NCc2ccco2)cnn1-c1ccc(F)cc1. The Kier molecular flexibility index (Phi) is 3.74. The first kappa shape index (κ1) is 14.1. The molecule has 0 fully saturated rings.